The predicted octanol–water partition coefficient (Wildman–Crippen LogP) is 6.34. The van der Waals surface area contributed by atoms with Crippen molar-refractivity contribution in [3.63, 3.8) is 0 Å². The van der Waals surface area contributed by atoms with Crippen LogP contribution in [-0.4, -0.2) is 15.0 Å². The van der Waals surface area contributed by atoms with E-state index in [0.717, 1.165) is 22.8 Å². The Morgan fingerprint density at radius 2 is 1.68 bits per heavy atom. The molecule has 0 spiro atoms. The van der Waals surface area contributed by atoms with Gasteiger partial charge in [0.1, 0.15) is 0 Å². The van der Waals surface area contributed by atoms with Crippen molar-refractivity contribution in [3.05, 3.63) is 77.3 Å². The van der Waals surface area contributed by atoms with Gasteiger partial charge in [-0.3, -0.25) is 4.98 Å². The zero-order valence-electron chi connectivity index (χ0n) is 14.6. The van der Waals surface area contributed by atoms with Crippen molar-refractivity contribution < 1.29 is 13.2 Å². The Morgan fingerprint density at radius 1 is 0.929 bits per heavy atom. The summed E-state index contributed by atoms with van der Waals surface area (Å²) in [7, 11) is 0. The molecule has 0 aliphatic rings. The fourth-order valence-corrected chi connectivity index (χ4v) is 3.41. The van der Waals surface area contributed by atoms with Gasteiger partial charge in [0.05, 0.1) is 16.8 Å². The van der Waals surface area contributed by atoms with Gasteiger partial charge < -0.3 is 0 Å². The first kappa shape index (κ1) is 18.4. The number of halogens is 4. The van der Waals surface area contributed by atoms with E-state index in [1.54, 1.807) is 18.3 Å². The summed E-state index contributed by atoms with van der Waals surface area (Å²) in [6, 6.07) is 13.3. The number of fused-ring (bicyclic) bond motifs is 1. The molecule has 0 atom stereocenters. The maximum atomic E-state index is 13.4. The van der Waals surface area contributed by atoms with Gasteiger partial charge in [0, 0.05) is 23.3 Å². The summed E-state index contributed by atoms with van der Waals surface area (Å²) >= 11 is 5.88. The van der Waals surface area contributed by atoms with E-state index >= 15 is 0 Å². The molecule has 0 amide bonds. The van der Waals surface area contributed by atoms with E-state index in [9.17, 15) is 13.2 Å². The van der Waals surface area contributed by atoms with Gasteiger partial charge in [-0.15, -0.1) is 0 Å². The molecule has 0 saturated heterocycles. The van der Waals surface area contributed by atoms with Gasteiger partial charge in [0.15, 0.2) is 0 Å². The van der Waals surface area contributed by atoms with Crippen LogP contribution in [0.5, 0.6) is 0 Å². The molecule has 0 aliphatic carbocycles. The smallest absolute Gasteiger partial charge is 0.255 e. The van der Waals surface area contributed by atoms with Crippen LogP contribution in [0.4, 0.5) is 13.2 Å². The monoisotopic (exact) mass is 399 g/mol. The summed E-state index contributed by atoms with van der Waals surface area (Å²) in [5.74, 6) is 0. The Hall–Kier alpha value is -2.99. The highest BCUT2D eigenvalue weighted by Crippen LogP contribution is 2.38. The van der Waals surface area contributed by atoms with E-state index in [1.165, 1.54) is 12.3 Å². The predicted molar refractivity (Wildman–Crippen MR) is 103 cm³/mol. The second-order valence-corrected chi connectivity index (χ2v) is 6.65. The van der Waals surface area contributed by atoms with Crippen molar-refractivity contribution in [2.24, 2.45) is 0 Å². The van der Waals surface area contributed by atoms with Crippen molar-refractivity contribution in [3.8, 4) is 22.4 Å². The largest absolute Gasteiger partial charge is 0.418 e. The van der Waals surface area contributed by atoms with Crippen LogP contribution in [-0.2, 0) is 6.18 Å². The summed E-state index contributed by atoms with van der Waals surface area (Å²) in [6.07, 6.45) is -1.44. The summed E-state index contributed by atoms with van der Waals surface area (Å²) < 4.78 is 40.2. The highest BCUT2D eigenvalue weighted by Gasteiger charge is 2.33. The van der Waals surface area contributed by atoms with Crippen LogP contribution >= 0.6 is 11.6 Å². The van der Waals surface area contributed by atoms with Crippen molar-refractivity contribution in [2.75, 3.05) is 0 Å². The average molecular weight is 400 g/mol. The minimum absolute atomic E-state index is 0.0638. The maximum absolute atomic E-state index is 13.4. The number of pyridine rings is 1. The molecule has 0 aliphatic heterocycles. The Bertz CT molecular complexity index is 1190. The number of benzene rings is 2. The SMILES string of the molecule is Cc1cnc2c(C(F)(F)F)cccc2c1-c1cccc(-c2ccnc(Cl)n2)c1. The molecule has 0 unspecified atom stereocenters. The van der Waals surface area contributed by atoms with Crippen LogP contribution in [0.2, 0.25) is 5.28 Å². The van der Waals surface area contributed by atoms with Gasteiger partial charge >= 0.3 is 6.18 Å². The van der Waals surface area contributed by atoms with Crippen LogP contribution in [0, 0.1) is 6.92 Å². The van der Waals surface area contributed by atoms with Crippen molar-refractivity contribution in [2.45, 2.75) is 13.1 Å². The first-order valence-electron chi connectivity index (χ1n) is 8.39. The van der Waals surface area contributed by atoms with Gasteiger partial charge in [-0.2, -0.15) is 13.2 Å². The van der Waals surface area contributed by atoms with E-state index < -0.39 is 11.7 Å². The number of para-hydroxylation sites is 1. The maximum Gasteiger partial charge on any atom is 0.418 e. The third-order valence-electron chi connectivity index (χ3n) is 4.47. The lowest BCUT2D eigenvalue weighted by atomic mass is 9.94. The number of aromatic nitrogens is 3. The quantitative estimate of drug-likeness (QED) is 0.369. The first-order valence-corrected chi connectivity index (χ1v) is 8.77. The molecule has 140 valence electrons. The second kappa shape index (κ2) is 6.87. The molecule has 0 saturated carbocycles. The van der Waals surface area contributed by atoms with E-state index in [1.807, 2.05) is 31.2 Å². The van der Waals surface area contributed by atoms with E-state index in [2.05, 4.69) is 15.0 Å². The number of hydrogen-bond donors (Lipinski definition) is 0. The van der Waals surface area contributed by atoms with Crippen LogP contribution in [0.3, 0.4) is 0 Å². The molecule has 28 heavy (non-hydrogen) atoms. The van der Waals surface area contributed by atoms with Crippen LogP contribution < -0.4 is 0 Å². The lowest BCUT2D eigenvalue weighted by Crippen LogP contribution is -2.07. The summed E-state index contributed by atoms with van der Waals surface area (Å²) in [6.45, 7) is 1.83. The molecule has 7 heteroatoms. The lowest BCUT2D eigenvalue weighted by Gasteiger charge is -2.15. The van der Waals surface area contributed by atoms with Gasteiger partial charge in [0.2, 0.25) is 5.28 Å². The van der Waals surface area contributed by atoms with Crippen LogP contribution in [0.1, 0.15) is 11.1 Å². The fourth-order valence-electron chi connectivity index (χ4n) is 3.26. The Kier molecular flexibility index (Phi) is 4.51. The highest BCUT2D eigenvalue weighted by atomic mass is 35.5. The Morgan fingerprint density at radius 3 is 2.43 bits per heavy atom. The van der Waals surface area contributed by atoms with E-state index in [-0.39, 0.29) is 10.8 Å². The van der Waals surface area contributed by atoms with E-state index in [0.29, 0.717) is 16.6 Å². The first-order chi connectivity index (χ1) is 13.3. The fraction of sp³-hybridized carbons (Fsp3) is 0.0952. The molecule has 4 rings (SSSR count). The molecular weight excluding hydrogens is 387 g/mol. The molecule has 2 aromatic carbocycles. The van der Waals surface area contributed by atoms with E-state index in [4.69, 9.17) is 11.6 Å². The molecule has 0 fully saturated rings. The van der Waals surface area contributed by atoms with Gasteiger partial charge in [-0.05, 0) is 53.4 Å². The molecule has 3 nitrogen and oxygen atoms in total. The second-order valence-electron chi connectivity index (χ2n) is 6.31. The Labute approximate surface area is 163 Å². The normalized spacial score (nSPS) is 11.8. The minimum atomic E-state index is -4.47. The minimum Gasteiger partial charge on any atom is -0.255 e. The van der Waals surface area contributed by atoms with Crippen LogP contribution in [0.15, 0.2) is 60.9 Å². The van der Waals surface area contributed by atoms with Gasteiger partial charge in [-0.1, -0.05) is 30.3 Å². The third-order valence-corrected chi connectivity index (χ3v) is 4.65. The van der Waals surface area contributed by atoms with Crippen molar-refractivity contribution >= 4 is 22.5 Å². The molecule has 2 heterocycles. The van der Waals surface area contributed by atoms with Crippen molar-refractivity contribution in [1.29, 1.82) is 0 Å². The van der Waals surface area contributed by atoms with Crippen LogP contribution in [0.25, 0.3) is 33.3 Å². The lowest BCUT2D eigenvalue weighted by molar-refractivity contribution is -0.136. The molecule has 2 aromatic heterocycles. The zero-order valence-corrected chi connectivity index (χ0v) is 15.4. The van der Waals surface area contributed by atoms with Gasteiger partial charge in [-0.25, -0.2) is 9.97 Å². The summed E-state index contributed by atoms with van der Waals surface area (Å²) in [5, 5.41) is 0.580. The third kappa shape index (κ3) is 3.31. The number of aryl methyl sites for hydroxylation is 1. The molecule has 4 aromatic rings. The zero-order chi connectivity index (χ0) is 19.9. The molecule has 0 N–H and O–H groups in total. The Balaban J connectivity index is 1.95. The summed E-state index contributed by atoms with van der Waals surface area (Å²) in [5.41, 5.74) is 2.88. The molecule has 0 radical (unpaired) electrons. The standard InChI is InChI=1S/C21H13ClF3N3/c1-12-11-27-19-15(6-3-7-16(19)21(23,24)25)18(12)14-5-2-4-13(10-14)17-8-9-26-20(22)28-17/h2-11H,1H3. The average Bonchev–Trinajstić information content (AvgIpc) is 2.66. The number of rotatable bonds is 2. The summed E-state index contributed by atoms with van der Waals surface area (Å²) in [4.78, 5) is 12.1. The number of hydrogen-bond acceptors (Lipinski definition) is 3. The van der Waals surface area contributed by atoms with Gasteiger partial charge in [0.25, 0.3) is 0 Å². The number of alkyl halides is 3. The highest BCUT2D eigenvalue weighted by molar-refractivity contribution is 6.28. The van der Waals surface area contributed by atoms with Crippen molar-refractivity contribution in [1.82, 2.24) is 15.0 Å². The molecule has 0 bridgehead atoms. The topological polar surface area (TPSA) is 38.7 Å². The molecular formula is C21H13ClF3N3. The number of nitrogens with zero attached hydrogens (tertiary/aromatic N) is 3.